The topological polar surface area (TPSA) is 24.9 Å². The number of aromatic nitrogens is 1. The Balaban J connectivity index is 2.14. The second-order valence-electron chi connectivity index (χ2n) is 3.95. The van der Waals surface area contributed by atoms with E-state index in [2.05, 4.69) is 19.2 Å². The summed E-state index contributed by atoms with van der Waals surface area (Å²) in [6, 6.07) is 0. The van der Waals surface area contributed by atoms with Gasteiger partial charge in [0.2, 0.25) is 0 Å². The van der Waals surface area contributed by atoms with Crippen LogP contribution in [0.25, 0.3) is 0 Å². The fourth-order valence-electron chi connectivity index (χ4n) is 2.02. The number of rotatable bonds is 2. The van der Waals surface area contributed by atoms with Crippen LogP contribution >= 0.6 is 11.3 Å². The molecule has 0 radical (unpaired) electrons. The van der Waals surface area contributed by atoms with Crippen LogP contribution in [0.3, 0.4) is 0 Å². The van der Waals surface area contributed by atoms with E-state index in [0.717, 1.165) is 13.0 Å². The summed E-state index contributed by atoms with van der Waals surface area (Å²) in [6.07, 6.45) is 3.68. The van der Waals surface area contributed by atoms with Crippen molar-refractivity contribution in [2.45, 2.75) is 39.0 Å². The fourth-order valence-corrected chi connectivity index (χ4v) is 3.16. The molecule has 14 heavy (non-hydrogen) atoms. The molecule has 0 aliphatic carbocycles. The lowest BCUT2D eigenvalue weighted by Gasteiger charge is -2.20. The summed E-state index contributed by atoms with van der Waals surface area (Å²) in [5.41, 5.74) is 1.30. The molecule has 0 saturated carbocycles. The van der Waals surface area contributed by atoms with Crippen LogP contribution in [-0.2, 0) is 6.42 Å². The Bertz CT molecular complexity index is 300. The van der Waals surface area contributed by atoms with Gasteiger partial charge in [-0.25, -0.2) is 4.98 Å². The molecule has 0 bridgehead atoms. The van der Waals surface area contributed by atoms with E-state index in [1.165, 1.54) is 35.0 Å². The molecule has 1 atom stereocenters. The Labute approximate surface area is 89.8 Å². The monoisotopic (exact) mass is 210 g/mol. The van der Waals surface area contributed by atoms with E-state index in [1.807, 2.05) is 11.3 Å². The summed E-state index contributed by atoms with van der Waals surface area (Å²) < 4.78 is 0. The van der Waals surface area contributed by atoms with E-state index in [0.29, 0.717) is 5.92 Å². The number of aryl methyl sites for hydroxylation is 2. The predicted molar refractivity (Wildman–Crippen MR) is 61.1 cm³/mol. The maximum atomic E-state index is 4.73. The number of thiazole rings is 1. The van der Waals surface area contributed by atoms with Gasteiger partial charge >= 0.3 is 0 Å². The number of nitrogens with zero attached hydrogens (tertiary/aromatic N) is 1. The molecule has 1 unspecified atom stereocenters. The molecular weight excluding hydrogens is 192 g/mol. The van der Waals surface area contributed by atoms with Gasteiger partial charge in [-0.3, -0.25) is 0 Å². The zero-order chi connectivity index (χ0) is 9.97. The lowest BCUT2D eigenvalue weighted by molar-refractivity contribution is 0.460. The van der Waals surface area contributed by atoms with Crippen molar-refractivity contribution in [3.8, 4) is 0 Å². The van der Waals surface area contributed by atoms with Crippen LogP contribution in [0.5, 0.6) is 0 Å². The Hall–Kier alpha value is -0.410. The van der Waals surface area contributed by atoms with Crippen molar-refractivity contribution in [1.82, 2.24) is 10.3 Å². The van der Waals surface area contributed by atoms with Crippen LogP contribution < -0.4 is 5.32 Å². The first-order chi connectivity index (χ1) is 6.81. The highest BCUT2D eigenvalue weighted by Crippen LogP contribution is 2.29. The van der Waals surface area contributed by atoms with E-state index in [9.17, 15) is 0 Å². The van der Waals surface area contributed by atoms with E-state index in [-0.39, 0.29) is 0 Å². The number of hydrogen-bond donors (Lipinski definition) is 1. The summed E-state index contributed by atoms with van der Waals surface area (Å²) in [4.78, 5) is 6.14. The first-order valence-electron chi connectivity index (χ1n) is 5.48. The molecule has 2 rings (SSSR count). The summed E-state index contributed by atoms with van der Waals surface area (Å²) in [7, 11) is 0. The van der Waals surface area contributed by atoms with Gasteiger partial charge in [0.05, 0.1) is 10.7 Å². The maximum Gasteiger partial charge on any atom is 0.0974 e. The first kappa shape index (κ1) is 10.1. The van der Waals surface area contributed by atoms with Gasteiger partial charge in [0.25, 0.3) is 0 Å². The molecular formula is C11H18N2S. The van der Waals surface area contributed by atoms with Crippen LogP contribution in [0.15, 0.2) is 0 Å². The Kier molecular flexibility index (Phi) is 3.19. The summed E-state index contributed by atoms with van der Waals surface area (Å²) in [6.45, 7) is 6.68. The molecule has 2 nitrogen and oxygen atoms in total. The predicted octanol–water partition coefficient (Wildman–Crippen LogP) is 2.48. The summed E-state index contributed by atoms with van der Waals surface area (Å²) in [5, 5.41) is 4.80. The molecule has 1 aliphatic rings. The minimum atomic E-state index is 0.674. The zero-order valence-corrected chi connectivity index (χ0v) is 9.78. The standard InChI is InChI=1S/C11H18N2S/c1-3-10-8(2)14-11(13-10)9-5-4-6-12-7-9/h9,12H,3-7H2,1-2H3. The third kappa shape index (κ3) is 1.98. The third-order valence-electron chi connectivity index (χ3n) is 2.89. The maximum absolute atomic E-state index is 4.73. The van der Waals surface area contributed by atoms with E-state index in [1.54, 1.807) is 0 Å². The van der Waals surface area contributed by atoms with E-state index >= 15 is 0 Å². The van der Waals surface area contributed by atoms with E-state index in [4.69, 9.17) is 4.98 Å². The van der Waals surface area contributed by atoms with Crippen molar-refractivity contribution in [2.75, 3.05) is 13.1 Å². The van der Waals surface area contributed by atoms with Gasteiger partial charge in [-0.1, -0.05) is 6.92 Å². The van der Waals surface area contributed by atoms with Gasteiger partial charge in [-0.05, 0) is 32.7 Å². The molecule has 0 amide bonds. The first-order valence-corrected chi connectivity index (χ1v) is 6.29. The van der Waals surface area contributed by atoms with Crippen molar-refractivity contribution >= 4 is 11.3 Å². The molecule has 1 aromatic heterocycles. The van der Waals surface area contributed by atoms with Gasteiger partial charge in [-0.2, -0.15) is 0 Å². The Morgan fingerprint density at radius 2 is 2.43 bits per heavy atom. The lowest BCUT2D eigenvalue weighted by atomic mass is 10.0. The largest absolute Gasteiger partial charge is 0.316 e. The van der Waals surface area contributed by atoms with Crippen LogP contribution in [0.2, 0.25) is 0 Å². The van der Waals surface area contributed by atoms with Gasteiger partial charge in [0.15, 0.2) is 0 Å². The average molecular weight is 210 g/mol. The van der Waals surface area contributed by atoms with Crippen LogP contribution in [0.1, 0.15) is 41.3 Å². The van der Waals surface area contributed by atoms with Crippen LogP contribution in [0, 0.1) is 6.92 Å². The molecule has 78 valence electrons. The van der Waals surface area contributed by atoms with Crippen molar-refractivity contribution < 1.29 is 0 Å². The van der Waals surface area contributed by atoms with Crippen molar-refractivity contribution in [3.63, 3.8) is 0 Å². The van der Waals surface area contributed by atoms with Gasteiger partial charge < -0.3 is 5.32 Å². The summed E-state index contributed by atoms with van der Waals surface area (Å²) >= 11 is 1.89. The molecule has 1 fully saturated rings. The molecule has 0 aromatic carbocycles. The highest BCUT2D eigenvalue weighted by atomic mass is 32.1. The third-order valence-corrected chi connectivity index (χ3v) is 4.07. The average Bonchev–Trinajstić information content (AvgIpc) is 2.61. The van der Waals surface area contributed by atoms with Crippen molar-refractivity contribution in [1.29, 1.82) is 0 Å². The van der Waals surface area contributed by atoms with E-state index < -0.39 is 0 Å². The SMILES string of the molecule is CCc1nc(C2CCCNC2)sc1C. The second-order valence-corrected chi connectivity index (χ2v) is 5.19. The number of piperidine rings is 1. The Morgan fingerprint density at radius 1 is 1.57 bits per heavy atom. The molecule has 1 N–H and O–H groups in total. The zero-order valence-electron chi connectivity index (χ0n) is 8.97. The molecule has 1 aliphatic heterocycles. The normalized spacial score (nSPS) is 22.6. The van der Waals surface area contributed by atoms with Crippen molar-refractivity contribution in [3.05, 3.63) is 15.6 Å². The van der Waals surface area contributed by atoms with Gasteiger partial charge in [-0.15, -0.1) is 11.3 Å². The molecule has 3 heteroatoms. The van der Waals surface area contributed by atoms with Gasteiger partial charge in [0.1, 0.15) is 0 Å². The minimum Gasteiger partial charge on any atom is -0.316 e. The molecule has 0 spiro atoms. The van der Waals surface area contributed by atoms with Gasteiger partial charge in [0, 0.05) is 17.3 Å². The fraction of sp³-hybridized carbons (Fsp3) is 0.727. The van der Waals surface area contributed by atoms with Crippen LogP contribution in [-0.4, -0.2) is 18.1 Å². The second kappa shape index (κ2) is 4.41. The smallest absolute Gasteiger partial charge is 0.0974 e. The lowest BCUT2D eigenvalue weighted by Crippen LogP contribution is -2.28. The van der Waals surface area contributed by atoms with Crippen LogP contribution in [0.4, 0.5) is 0 Å². The molecule has 1 saturated heterocycles. The number of nitrogens with one attached hydrogen (secondary N) is 1. The highest BCUT2D eigenvalue weighted by Gasteiger charge is 2.19. The number of hydrogen-bond acceptors (Lipinski definition) is 3. The highest BCUT2D eigenvalue weighted by molar-refractivity contribution is 7.11. The molecule has 2 heterocycles. The van der Waals surface area contributed by atoms with Crippen molar-refractivity contribution in [2.24, 2.45) is 0 Å². The quantitative estimate of drug-likeness (QED) is 0.811. The minimum absolute atomic E-state index is 0.674. The molecule has 1 aromatic rings. The summed E-state index contributed by atoms with van der Waals surface area (Å²) in [5.74, 6) is 0.674. The Morgan fingerprint density at radius 3 is 3.00 bits per heavy atom.